The molecule has 0 aliphatic heterocycles. The van der Waals surface area contributed by atoms with Crippen LogP contribution < -0.4 is 15.4 Å². The van der Waals surface area contributed by atoms with Crippen molar-refractivity contribution in [3.8, 4) is 5.75 Å². The first-order valence-corrected chi connectivity index (χ1v) is 12.1. The largest absolute Gasteiger partial charge is 0.495 e. The van der Waals surface area contributed by atoms with E-state index in [2.05, 4.69) is 42.3 Å². The highest BCUT2D eigenvalue weighted by Gasteiger charge is 2.34. The molecule has 1 atom stereocenters. The molecule has 2 N–H and O–H groups in total. The van der Waals surface area contributed by atoms with Crippen LogP contribution in [0.15, 0.2) is 58.7 Å². The summed E-state index contributed by atoms with van der Waals surface area (Å²) in [6.45, 7) is 5.08. The van der Waals surface area contributed by atoms with Crippen LogP contribution in [-0.4, -0.2) is 53.4 Å². The minimum atomic E-state index is -4.72. The Morgan fingerprint density at radius 2 is 1.95 bits per heavy atom. The molecule has 0 fully saturated rings. The maximum atomic E-state index is 13.1. The molecule has 0 aliphatic rings. The summed E-state index contributed by atoms with van der Waals surface area (Å²) < 4.78 is 44.4. The number of amides is 2. The molecule has 3 rings (SSSR count). The van der Waals surface area contributed by atoms with E-state index in [1.165, 1.54) is 32.6 Å². The molecule has 3 heterocycles. The standard InChI is InChI=1S/C24H21ClF3N7O3S/c1-12(34-21(36)18(30-3)7-17(29-2)13-5-14(38-4)9-31-8-13)23-33-11-19(39-23)22(37)35-20-6-15(24(26,27)28)16(25)10-32-20/h5-12H,3H2,1-2,4H3,(H,34,36)(H,32,35,37)/b18-7-,29-17?. The molecule has 2 amide bonds. The minimum Gasteiger partial charge on any atom is -0.495 e. The third-order valence-electron chi connectivity index (χ3n) is 5.03. The van der Waals surface area contributed by atoms with Gasteiger partial charge in [-0.3, -0.25) is 24.6 Å². The summed E-state index contributed by atoms with van der Waals surface area (Å²) in [4.78, 5) is 45.4. The van der Waals surface area contributed by atoms with Crippen molar-refractivity contribution >= 4 is 53.0 Å². The fourth-order valence-electron chi connectivity index (χ4n) is 3.09. The van der Waals surface area contributed by atoms with Crippen molar-refractivity contribution in [2.75, 3.05) is 19.5 Å². The molecule has 0 spiro atoms. The van der Waals surface area contributed by atoms with E-state index in [4.69, 9.17) is 16.3 Å². The number of ether oxygens (including phenoxy) is 1. The maximum Gasteiger partial charge on any atom is 0.418 e. The van der Waals surface area contributed by atoms with E-state index in [9.17, 15) is 22.8 Å². The van der Waals surface area contributed by atoms with Crippen LogP contribution in [0.5, 0.6) is 5.75 Å². The van der Waals surface area contributed by atoms with Crippen molar-refractivity contribution in [1.29, 1.82) is 0 Å². The number of thiazole rings is 1. The molecule has 3 aromatic rings. The molecule has 10 nitrogen and oxygen atoms in total. The average Bonchev–Trinajstić information content (AvgIpc) is 3.40. The molecule has 15 heteroatoms. The lowest BCUT2D eigenvalue weighted by Gasteiger charge is -2.12. The van der Waals surface area contributed by atoms with Gasteiger partial charge < -0.3 is 15.4 Å². The number of carbonyl (C=O) groups is 2. The number of hydrogen-bond acceptors (Lipinski definition) is 9. The quantitative estimate of drug-likeness (QED) is 0.278. The van der Waals surface area contributed by atoms with Crippen molar-refractivity contribution in [2.24, 2.45) is 9.98 Å². The molecule has 0 radical (unpaired) electrons. The zero-order valence-electron chi connectivity index (χ0n) is 20.7. The van der Waals surface area contributed by atoms with Crippen molar-refractivity contribution in [3.05, 3.63) is 74.7 Å². The Morgan fingerprint density at radius 1 is 1.21 bits per heavy atom. The zero-order chi connectivity index (χ0) is 28.7. The maximum absolute atomic E-state index is 13.1. The normalized spacial score (nSPS) is 13.0. The van der Waals surface area contributed by atoms with Gasteiger partial charge in [-0.05, 0) is 31.9 Å². The molecule has 0 bridgehead atoms. The van der Waals surface area contributed by atoms with E-state index >= 15 is 0 Å². The molecule has 39 heavy (non-hydrogen) atoms. The third kappa shape index (κ3) is 7.45. The molecule has 0 saturated carbocycles. The van der Waals surface area contributed by atoms with Gasteiger partial charge in [0.2, 0.25) is 0 Å². The van der Waals surface area contributed by atoms with E-state index in [0.29, 0.717) is 28.1 Å². The topological polar surface area (TPSA) is 131 Å². The van der Waals surface area contributed by atoms with Crippen LogP contribution in [0.4, 0.5) is 19.0 Å². The summed E-state index contributed by atoms with van der Waals surface area (Å²) in [5.74, 6) is -1.14. The summed E-state index contributed by atoms with van der Waals surface area (Å²) in [5.41, 5.74) is -0.167. The van der Waals surface area contributed by atoms with Gasteiger partial charge >= 0.3 is 6.18 Å². The monoisotopic (exact) mass is 579 g/mol. The van der Waals surface area contributed by atoms with E-state index < -0.39 is 34.6 Å². The summed E-state index contributed by atoms with van der Waals surface area (Å²) in [6.07, 6.45) is 1.82. The molecule has 3 aromatic heterocycles. The zero-order valence-corrected chi connectivity index (χ0v) is 22.3. The minimum absolute atomic E-state index is 0.0333. The molecule has 0 saturated heterocycles. The van der Waals surface area contributed by atoms with Gasteiger partial charge in [0.25, 0.3) is 11.8 Å². The summed E-state index contributed by atoms with van der Waals surface area (Å²) in [6, 6.07) is 1.68. The Labute approximate surface area is 229 Å². The number of hydrogen-bond donors (Lipinski definition) is 2. The number of pyridine rings is 2. The molecule has 0 aromatic carbocycles. The van der Waals surface area contributed by atoms with Gasteiger partial charge in [0.15, 0.2) is 0 Å². The van der Waals surface area contributed by atoms with Crippen LogP contribution >= 0.6 is 22.9 Å². The average molecular weight is 580 g/mol. The number of rotatable bonds is 9. The lowest BCUT2D eigenvalue weighted by molar-refractivity contribution is -0.137. The van der Waals surface area contributed by atoms with Crippen LogP contribution in [0.1, 0.15) is 38.8 Å². The van der Waals surface area contributed by atoms with Gasteiger partial charge in [-0.2, -0.15) is 13.2 Å². The number of halogens is 4. The van der Waals surface area contributed by atoms with Gasteiger partial charge in [0.1, 0.15) is 27.1 Å². The Hall–Kier alpha value is -4.17. The van der Waals surface area contributed by atoms with Gasteiger partial charge in [-0.25, -0.2) is 9.97 Å². The van der Waals surface area contributed by atoms with E-state index in [1.807, 2.05) is 0 Å². The lowest BCUT2D eigenvalue weighted by Crippen LogP contribution is -2.27. The van der Waals surface area contributed by atoms with Crippen LogP contribution in [-0.2, 0) is 11.0 Å². The number of aromatic nitrogens is 3. The molecule has 1 unspecified atom stereocenters. The SMILES string of the molecule is C=N/C(=C\C(=NC)c1cncc(OC)c1)C(=O)NC(C)c1ncc(C(=O)Nc2cc(C(F)(F)F)c(Cl)cn2)s1. The van der Waals surface area contributed by atoms with E-state index in [1.54, 1.807) is 19.2 Å². The number of nitrogens with zero attached hydrogens (tertiary/aromatic N) is 5. The first-order chi connectivity index (χ1) is 18.5. The number of carbonyl (C=O) groups excluding carboxylic acids is 2. The van der Waals surface area contributed by atoms with E-state index in [-0.39, 0.29) is 16.4 Å². The van der Waals surface area contributed by atoms with Crippen LogP contribution in [0, 0.1) is 0 Å². The number of nitrogens with one attached hydrogen (secondary N) is 2. The molecular weight excluding hydrogens is 559 g/mol. The van der Waals surface area contributed by atoms with Crippen molar-refractivity contribution in [2.45, 2.75) is 19.1 Å². The number of aliphatic imine (C=N–C) groups is 2. The smallest absolute Gasteiger partial charge is 0.418 e. The van der Waals surface area contributed by atoms with Crippen LogP contribution in [0.25, 0.3) is 0 Å². The predicted octanol–water partition coefficient (Wildman–Crippen LogP) is 4.75. The first-order valence-electron chi connectivity index (χ1n) is 10.9. The summed E-state index contributed by atoms with van der Waals surface area (Å²) in [7, 11) is 3.04. The number of methoxy groups -OCH3 is 1. The fraction of sp³-hybridized carbons (Fsp3) is 0.208. The Kier molecular flexibility index (Phi) is 9.48. The molecule has 0 aliphatic carbocycles. The highest BCUT2D eigenvalue weighted by atomic mass is 35.5. The fourth-order valence-corrected chi connectivity index (χ4v) is 4.11. The van der Waals surface area contributed by atoms with Crippen molar-refractivity contribution in [3.63, 3.8) is 0 Å². The highest BCUT2D eigenvalue weighted by molar-refractivity contribution is 7.13. The van der Waals surface area contributed by atoms with Crippen LogP contribution in [0.2, 0.25) is 5.02 Å². The predicted molar refractivity (Wildman–Crippen MR) is 142 cm³/mol. The van der Waals surface area contributed by atoms with Crippen molar-refractivity contribution < 1.29 is 27.5 Å². The van der Waals surface area contributed by atoms with Gasteiger partial charge in [-0.1, -0.05) is 11.6 Å². The van der Waals surface area contributed by atoms with E-state index in [0.717, 1.165) is 17.5 Å². The number of allylic oxidation sites excluding steroid dienone is 1. The van der Waals surface area contributed by atoms with Gasteiger partial charge in [0.05, 0.1) is 41.8 Å². The number of anilines is 1. The van der Waals surface area contributed by atoms with Crippen LogP contribution in [0.3, 0.4) is 0 Å². The second-order valence-electron chi connectivity index (χ2n) is 7.67. The lowest BCUT2D eigenvalue weighted by atomic mass is 10.1. The van der Waals surface area contributed by atoms with Gasteiger partial charge in [0, 0.05) is 25.0 Å². The molecular formula is C24H21ClF3N7O3S. The Balaban J connectivity index is 1.71. The highest BCUT2D eigenvalue weighted by Crippen LogP contribution is 2.35. The second-order valence-corrected chi connectivity index (χ2v) is 9.14. The third-order valence-corrected chi connectivity index (χ3v) is 6.51. The Bertz CT molecular complexity index is 1460. The second kappa shape index (κ2) is 12.6. The first kappa shape index (κ1) is 29.4. The summed E-state index contributed by atoms with van der Waals surface area (Å²) >= 11 is 6.50. The molecule has 204 valence electrons. The summed E-state index contributed by atoms with van der Waals surface area (Å²) in [5, 5.41) is 4.76. The van der Waals surface area contributed by atoms with Crippen molar-refractivity contribution in [1.82, 2.24) is 20.3 Å². The van der Waals surface area contributed by atoms with Gasteiger partial charge in [-0.15, -0.1) is 11.3 Å². The number of alkyl halides is 3. The Morgan fingerprint density at radius 3 is 2.59 bits per heavy atom.